The van der Waals surface area contributed by atoms with E-state index in [1.807, 2.05) is 23.6 Å². The first kappa shape index (κ1) is 34.2. The zero-order chi connectivity index (χ0) is 30.4. The van der Waals surface area contributed by atoms with Gasteiger partial charge in [0.2, 0.25) is 5.91 Å². The van der Waals surface area contributed by atoms with Crippen molar-refractivity contribution in [1.82, 2.24) is 9.80 Å². The highest BCUT2D eigenvalue weighted by molar-refractivity contribution is 6.31. The number of carbonyl (C=O) groups excluding carboxylic acids is 1. The summed E-state index contributed by atoms with van der Waals surface area (Å²) in [5.74, 6) is 0.562. The molecular weight excluding hydrogens is 587 g/mol. The molecule has 2 saturated heterocycles. The Hall–Kier alpha value is -3.25. The van der Waals surface area contributed by atoms with Crippen LogP contribution in [0.2, 0.25) is 5.02 Å². The smallest absolute Gasteiger partial charge is 0.417 e. The summed E-state index contributed by atoms with van der Waals surface area (Å²) in [6.07, 6.45) is -2.61. The van der Waals surface area contributed by atoms with Crippen LogP contribution in [0.1, 0.15) is 46.1 Å². The molecule has 13 heteroatoms. The lowest BCUT2D eigenvalue weighted by atomic mass is 10.0. The number of amides is 1. The second-order valence-corrected chi connectivity index (χ2v) is 11.6. The van der Waals surface area contributed by atoms with Crippen LogP contribution in [0.4, 0.5) is 30.2 Å². The fraction of sp³-hybridized carbons (Fsp3) is 0.567. The zero-order valence-corrected chi connectivity index (χ0v) is 24.6. The molecule has 2 heterocycles. The van der Waals surface area contributed by atoms with Crippen LogP contribution in [0.15, 0.2) is 36.4 Å². The number of hydrogen-bond donors (Lipinski definition) is 1. The maximum Gasteiger partial charge on any atom is 0.417 e. The number of alkyl halides is 3. The molecule has 238 valence electrons. The van der Waals surface area contributed by atoms with Gasteiger partial charge in [-0.15, -0.1) is 0 Å². The van der Waals surface area contributed by atoms with E-state index in [2.05, 4.69) is 10.2 Å². The first-order chi connectivity index (χ1) is 19.9. The van der Waals surface area contributed by atoms with Crippen molar-refractivity contribution < 1.29 is 27.6 Å². The van der Waals surface area contributed by atoms with Crippen LogP contribution in [0.5, 0.6) is 5.75 Å². The number of nitrogens with one attached hydrogen (secondary N) is 1. The Morgan fingerprint density at radius 1 is 1.09 bits per heavy atom. The third-order valence-corrected chi connectivity index (χ3v) is 7.91. The summed E-state index contributed by atoms with van der Waals surface area (Å²) in [5, 5.41) is 14.5. The van der Waals surface area contributed by atoms with Crippen LogP contribution in [-0.2, 0) is 11.0 Å². The molecule has 0 radical (unpaired) electrons. The second-order valence-electron chi connectivity index (χ2n) is 11.2. The van der Waals surface area contributed by atoms with Crippen molar-refractivity contribution in [3.05, 3.63) is 57.1 Å². The summed E-state index contributed by atoms with van der Waals surface area (Å²) in [4.78, 5) is 29.8. The van der Waals surface area contributed by atoms with E-state index >= 15 is 0 Å². The number of hydrogen-bond acceptors (Lipinski definition) is 7. The number of nitro groups is 1. The number of piperidine rings is 1. The van der Waals surface area contributed by atoms with Gasteiger partial charge in [-0.1, -0.05) is 32.9 Å². The molecule has 0 atom stereocenters. The quantitative estimate of drug-likeness (QED) is 0.236. The number of anilines is 2. The van der Waals surface area contributed by atoms with Crippen LogP contribution in [0, 0.1) is 16.0 Å². The summed E-state index contributed by atoms with van der Waals surface area (Å²) in [5.41, 5.74) is 0.342. The van der Waals surface area contributed by atoms with Gasteiger partial charge in [0.25, 0.3) is 0 Å². The van der Waals surface area contributed by atoms with Gasteiger partial charge in [0.05, 0.1) is 22.1 Å². The van der Waals surface area contributed by atoms with E-state index in [-0.39, 0.29) is 41.8 Å². The Bertz CT molecular complexity index is 1250. The van der Waals surface area contributed by atoms with Crippen molar-refractivity contribution in [3.63, 3.8) is 0 Å². The van der Waals surface area contributed by atoms with Gasteiger partial charge in [0, 0.05) is 81.8 Å². The van der Waals surface area contributed by atoms with Crippen LogP contribution in [-0.4, -0.2) is 79.1 Å². The molecular formula is C30H41ClF3N5O4. The summed E-state index contributed by atoms with van der Waals surface area (Å²) in [7, 11) is 0. The fourth-order valence-corrected chi connectivity index (χ4v) is 5.43. The number of carbonyl (C=O) groups is 1. The van der Waals surface area contributed by atoms with Gasteiger partial charge in [-0.05, 0) is 43.0 Å². The highest BCUT2D eigenvalue weighted by atomic mass is 35.5. The molecule has 2 aromatic carbocycles. The molecule has 0 saturated carbocycles. The minimum absolute atomic E-state index is 0. The van der Waals surface area contributed by atoms with Gasteiger partial charge in [0.1, 0.15) is 0 Å². The van der Waals surface area contributed by atoms with Gasteiger partial charge in [-0.3, -0.25) is 19.8 Å². The molecule has 0 spiro atoms. The molecule has 2 aromatic rings. The van der Waals surface area contributed by atoms with Gasteiger partial charge in [-0.25, -0.2) is 0 Å². The van der Waals surface area contributed by atoms with Gasteiger partial charge < -0.3 is 19.9 Å². The molecule has 9 nitrogen and oxygen atoms in total. The number of piperazine rings is 1. The molecule has 0 bridgehead atoms. The molecule has 1 N–H and O–H groups in total. The monoisotopic (exact) mass is 627 g/mol. The molecule has 43 heavy (non-hydrogen) atoms. The number of nitro benzene ring substituents is 1. The molecule has 2 aliphatic heterocycles. The molecule has 2 fully saturated rings. The summed E-state index contributed by atoms with van der Waals surface area (Å²) in [6, 6.07) is 8.92. The molecule has 0 aromatic heterocycles. The van der Waals surface area contributed by atoms with Crippen LogP contribution in [0.3, 0.4) is 0 Å². The standard InChI is InChI=1S/C29H37ClF3N5O4.CH4/c1-20(2)19-42-27-17-22(3-6-26(27)38(40)41)34-21-7-11-37(12-8-21)28(39)9-10-35-13-15-36(16-14-35)23-4-5-25(30)24(18-23)29(31,32)33;/h3-6,17-18,20-21,34H,7-16,19H2,1-2H3;1H4. The predicted molar refractivity (Wildman–Crippen MR) is 163 cm³/mol. The third-order valence-electron chi connectivity index (χ3n) is 7.58. The maximum atomic E-state index is 13.2. The van der Waals surface area contributed by atoms with E-state index in [1.165, 1.54) is 12.1 Å². The Balaban J connectivity index is 0.00000506. The van der Waals surface area contributed by atoms with Crippen molar-refractivity contribution >= 4 is 34.6 Å². The Morgan fingerprint density at radius 2 is 1.77 bits per heavy atom. The van der Waals surface area contributed by atoms with Crippen LogP contribution >= 0.6 is 11.6 Å². The number of rotatable bonds is 10. The lowest BCUT2D eigenvalue weighted by Crippen LogP contribution is -2.48. The fourth-order valence-electron chi connectivity index (χ4n) is 5.20. The average Bonchev–Trinajstić information content (AvgIpc) is 2.95. The van der Waals surface area contributed by atoms with E-state index in [0.717, 1.165) is 24.6 Å². The van der Waals surface area contributed by atoms with Crippen molar-refractivity contribution in [2.75, 3.05) is 62.6 Å². The van der Waals surface area contributed by atoms with E-state index in [4.69, 9.17) is 16.3 Å². The molecule has 0 unspecified atom stereocenters. The Labute approximate surface area is 256 Å². The van der Waals surface area contributed by atoms with E-state index in [0.29, 0.717) is 64.5 Å². The largest absolute Gasteiger partial charge is 0.486 e. The first-order valence-corrected chi connectivity index (χ1v) is 14.6. The highest BCUT2D eigenvalue weighted by Crippen LogP contribution is 2.37. The molecule has 2 aliphatic rings. The van der Waals surface area contributed by atoms with Crippen molar-refractivity contribution in [2.45, 2.75) is 52.8 Å². The normalized spacial score (nSPS) is 16.6. The predicted octanol–water partition coefficient (Wildman–Crippen LogP) is 6.55. The highest BCUT2D eigenvalue weighted by Gasteiger charge is 2.34. The third kappa shape index (κ3) is 9.37. The van der Waals surface area contributed by atoms with E-state index < -0.39 is 16.7 Å². The molecule has 1 amide bonds. The minimum Gasteiger partial charge on any atom is -0.486 e. The first-order valence-electron chi connectivity index (χ1n) is 14.2. The zero-order valence-electron chi connectivity index (χ0n) is 23.8. The summed E-state index contributed by atoms with van der Waals surface area (Å²) >= 11 is 5.75. The maximum absolute atomic E-state index is 13.2. The van der Waals surface area contributed by atoms with Gasteiger partial charge in [-0.2, -0.15) is 13.2 Å². The SMILES string of the molecule is C.CC(C)COc1cc(NC2CCN(C(=O)CCN3CCN(c4ccc(Cl)c(C(F)(F)F)c4)CC3)CC2)ccc1[N+](=O)[O-]. The summed E-state index contributed by atoms with van der Waals surface area (Å²) < 4.78 is 45.4. The van der Waals surface area contributed by atoms with Gasteiger partial charge >= 0.3 is 11.9 Å². The number of halogens is 4. The average molecular weight is 628 g/mol. The van der Waals surface area contributed by atoms with Crippen molar-refractivity contribution in [3.8, 4) is 5.75 Å². The minimum atomic E-state index is -4.50. The van der Waals surface area contributed by atoms with Gasteiger partial charge in [0.15, 0.2) is 5.75 Å². The Morgan fingerprint density at radius 3 is 2.37 bits per heavy atom. The lowest BCUT2D eigenvalue weighted by Gasteiger charge is -2.37. The van der Waals surface area contributed by atoms with Crippen LogP contribution < -0.4 is 15.0 Å². The van der Waals surface area contributed by atoms with E-state index in [9.17, 15) is 28.1 Å². The van der Waals surface area contributed by atoms with E-state index in [1.54, 1.807) is 18.2 Å². The number of likely N-dealkylation sites (tertiary alicyclic amines) is 1. The summed E-state index contributed by atoms with van der Waals surface area (Å²) in [6.45, 7) is 8.61. The van der Waals surface area contributed by atoms with Crippen molar-refractivity contribution in [1.29, 1.82) is 0 Å². The van der Waals surface area contributed by atoms with Crippen LogP contribution in [0.25, 0.3) is 0 Å². The second kappa shape index (κ2) is 15.0. The number of nitrogens with zero attached hydrogens (tertiary/aromatic N) is 4. The Kier molecular flexibility index (Phi) is 11.9. The number of ether oxygens (including phenoxy) is 1. The molecule has 0 aliphatic carbocycles. The number of benzene rings is 2. The lowest BCUT2D eigenvalue weighted by molar-refractivity contribution is -0.385. The topological polar surface area (TPSA) is 91.2 Å². The molecule has 4 rings (SSSR count). The van der Waals surface area contributed by atoms with Crippen molar-refractivity contribution in [2.24, 2.45) is 5.92 Å².